The number of carbonyl (C=O) groups is 1. The van der Waals surface area contributed by atoms with Crippen LogP contribution in [0.1, 0.15) is 18.4 Å². The second-order valence-electron chi connectivity index (χ2n) is 6.58. The maximum absolute atomic E-state index is 12.9. The first-order chi connectivity index (χ1) is 12.3. The molecule has 0 aromatic heterocycles. The average Bonchev–Trinajstić information content (AvgIpc) is 3.49. The molecule has 4 nitrogen and oxygen atoms in total. The molecule has 2 aromatic rings. The fourth-order valence-corrected chi connectivity index (χ4v) is 3.05. The third-order valence-electron chi connectivity index (χ3n) is 4.61. The van der Waals surface area contributed by atoms with E-state index in [1.807, 2.05) is 53.4 Å². The van der Waals surface area contributed by atoms with Crippen molar-refractivity contribution in [3.63, 3.8) is 0 Å². The normalized spacial score (nSPS) is 14.9. The number of hydrogen-bond donors (Lipinski definition) is 1. The van der Waals surface area contributed by atoms with E-state index in [1.165, 1.54) is 12.8 Å². The first kappa shape index (κ1) is 17.6. The molecule has 1 N–H and O–H groups in total. The van der Waals surface area contributed by atoms with E-state index in [4.69, 9.17) is 4.74 Å². The van der Waals surface area contributed by atoms with Crippen molar-refractivity contribution in [2.24, 2.45) is 5.92 Å². The number of hydrogen-bond acceptors (Lipinski definition) is 3. The summed E-state index contributed by atoms with van der Waals surface area (Å²) in [4.78, 5) is 14.8. The number of nitrogens with zero attached hydrogens (tertiary/aromatic N) is 1. The number of carbonyl (C=O) groups excluding carboxylic acids is 1. The Balaban J connectivity index is 1.68. The van der Waals surface area contributed by atoms with Gasteiger partial charge in [0.1, 0.15) is 0 Å². The van der Waals surface area contributed by atoms with Crippen molar-refractivity contribution < 1.29 is 9.53 Å². The highest BCUT2D eigenvalue weighted by Crippen LogP contribution is 2.32. The van der Waals surface area contributed by atoms with Crippen molar-refractivity contribution in [2.45, 2.75) is 25.4 Å². The lowest BCUT2D eigenvalue weighted by molar-refractivity contribution is -0.118. The molecule has 1 aliphatic carbocycles. The van der Waals surface area contributed by atoms with Crippen LogP contribution in [0, 0.1) is 5.92 Å². The number of rotatable bonds is 9. The number of methoxy groups -OCH3 is 1. The Kier molecular flexibility index (Phi) is 6.20. The molecule has 0 aliphatic heterocycles. The summed E-state index contributed by atoms with van der Waals surface area (Å²) in [6.07, 6.45) is 2.45. The monoisotopic (exact) mass is 338 g/mol. The number of benzene rings is 2. The fraction of sp³-hybridized carbons (Fsp3) is 0.381. The molecule has 1 amide bonds. The Labute approximate surface area is 149 Å². The molecule has 3 rings (SSSR count). The minimum atomic E-state index is 0.0804. The van der Waals surface area contributed by atoms with E-state index in [2.05, 4.69) is 17.4 Å². The molecular formula is C21H26N2O2. The van der Waals surface area contributed by atoms with Gasteiger partial charge in [-0.05, 0) is 36.5 Å². The molecule has 0 saturated heterocycles. The van der Waals surface area contributed by atoms with Crippen LogP contribution in [-0.4, -0.2) is 32.2 Å². The fourth-order valence-electron chi connectivity index (χ4n) is 3.05. The van der Waals surface area contributed by atoms with Crippen LogP contribution < -0.4 is 10.2 Å². The van der Waals surface area contributed by atoms with E-state index in [0.29, 0.717) is 25.6 Å². The molecule has 0 radical (unpaired) electrons. The first-order valence-electron chi connectivity index (χ1n) is 8.89. The minimum absolute atomic E-state index is 0.0804. The van der Waals surface area contributed by atoms with Gasteiger partial charge in [0.15, 0.2) is 0 Å². The molecule has 0 bridgehead atoms. The van der Waals surface area contributed by atoms with Crippen LogP contribution >= 0.6 is 0 Å². The zero-order valence-corrected chi connectivity index (χ0v) is 14.7. The summed E-state index contributed by atoms with van der Waals surface area (Å²) >= 11 is 0. The second kappa shape index (κ2) is 8.79. The van der Waals surface area contributed by atoms with Gasteiger partial charge < -0.3 is 15.0 Å². The molecule has 1 saturated carbocycles. The lowest BCUT2D eigenvalue weighted by Gasteiger charge is -2.25. The highest BCUT2D eigenvalue weighted by atomic mass is 16.5. The van der Waals surface area contributed by atoms with E-state index >= 15 is 0 Å². The minimum Gasteiger partial charge on any atom is -0.383 e. The maximum atomic E-state index is 12.9. The highest BCUT2D eigenvalue weighted by Gasteiger charge is 2.31. The van der Waals surface area contributed by atoms with Crippen molar-refractivity contribution in [3.05, 3.63) is 66.2 Å². The van der Waals surface area contributed by atoms with Gasteiger partial charge in [0.25, 0.3) is 0 Å². The third-order valence-corrected chi connectivity index (χ3v) is 4.61. The second-order valence-corrected chi connectivity index (χ2v) is 6.58. The van der Waals surface area contributed by atoms with E-state index in [0.717, 1.165) is 11.3 Å². The van der Waals surface area contributed by atoms with Crippen LogP contribution in [0.4, 0.5) is 5.69 Å². The van der Waals surface area contributed by atoms with Crippen molar-refractivity contribution in [3.8, 4) is 0 Å². The van der Waals surface area contributed by atoms with Crippen molar-refractivity contribution >= 4 is 11.6 Å². The highest BCUT2D eigenvalue weighted by molar-refractivity contribution is 5.94. The Bertz CT molecular complexity index is 656. The molecule has 1 fully saturated rings. The summed E-state index contributed by atoms with van der Waals surface area (Å²) in [5, 5.41) is 3.40. The molecule has 0 heterocycles. The molecule has 2 aromatic carbocycles. The molecule has 0 unspecified atom stereocenters. The van der Waals surface area contributed by atoms with Gasteiger partial charge in [0.2, 0.25) is 5.91 Å². The van der Waals surface area contributed by atoms with Gasteiger partial charge in [-0.1, -0.05) is 48.5 Å². The predicted octanol–water partition coefficient (Wildman–Crippen LogP) is 3.23. The summed E-state index contributed by atoms with van der Waals surface area (Å²) in [5.74, 6) is 0.726. The first-order valence-corrected chi connectivity index (χ1v) is 8.89. The summed E-state index contributed by atoms with van der Waals surface area (Å²) in [7, 11) is 1.71. The quantitative estimate of drug-likeness (QED) is 0.763. The number of amides is 1. The van der Waals surface area contributed by atoms with Crippen LogP contribution in [-0.2, 0) is 16.1 Å². The average molecular weight is 338 g/mol. The van der Waals surface area contributed by atoms with E-state index in [1.54, 1.807) is 7.11 Å². The van der Waals surface area contributed by atoms with Crippen molar-refractivity contribution in [2.75, 3.05) is 25.2 Å². The van der Waals surface area contributed by atoms with Crippen LogP contribution in [0.2, 0.25) is 0 Å². The maximum Gasteiger partial charge on any atom is 0.241 e. The summed E-state index contributed by atoms with van der Waals surface area (Å²) in [6, 6.07) is 20.2. The Morgan fingerprint density at radius 1 is 1.12 bits per heavy atom. The lowest BCUT2D eigenvalue weighted by Crippen LogP contribution is -2.44. The molecule has 4 heteroatoms. The van der Waals surface area contributed by atoms with Gasteiger partial charge in [-0.25, -0.2) is 0 Å². The largest absolute Gasteiger partial charge is 0.383 e. The summed E-state index contributed by atoms with van der Waals surface area (Å²) < 4.78 is 5.29. The van der Waals surface area contributed by atoms with Crippen molar-refractivity contribution in [1.29, 1.82) is 0 Å². The predicted molar refractivity (Wildman–Crippen MR) is 100 cm³/mol. The van der Waals surface area contributed by atoms with Gasteiger partial charge >= 0.3 is 0 Å². The number of nitrogens with one attached hydrogen (secondary N) is 1. The Hall–Kier alpha value is -2.17. The van der Waals surface area contributed by atoms with Gasteiger partial charge in [-0.15, -0.1) is 0 Å². The smallest absolute Gasteiger partial charge is 0.241 e. The Morgan fingerprint density at radius 3 is 2.36 bits per heavy atom. The number of para-hydroxylation sites is 1. The molecule has 25 heavy (non-hydrogen) atoms. The molecule has 0 spiro atoms. The molecule has 132 valence electrons. The Morgan fingerprint density at radius 2 is 1.76 bits per heavy atom. The van der Waals surface area contributed by atoms with Crippen molar-refractivity contribution in [1.82, 2.24) is 5.32 Å². The van der Waals surface area contributed by atoms with Gasteiger partial charge in [-0.3, -0.25) is 4.79 Å². The van der Waals surface area contributed by atoms with E-state index < -0.39 is 0 Å². The lowest BCUT2D eigenvalue weighted by atomic mass is 10.1. The SMILES string of the molecule is COC[C@@H](NCC(=O)N(Cc1ccccc1)c1ccccc1)C1CC1. The molecule has 1 aliphatic rings. The zero-order chi connectivity index (χ0) is 17.5. The van der Waals surface area contributed by atoms with Gasteiger partial charge in [0.05, 0.1) is 19.7 Å². The van der Waals surface area contributed by atoms with Gasteiger partial charge in [-0.2, -0.15) is 0 Å². The zero-order valence-electron chi connectivity index (χ0n) is 14.7. The third kappa shape index (κ3) is 5.15. The standard InChI is InChI=1S/C21H26N2O2/c1-25-16-20(18-12-13-18)22-14-21(24)23(19-10-6-3-7-11-19)15-17-8-4-2-5-9-17/h2-11,18,20,22H,12-16H2,1H3/t20-/m1/s1. The van der Waals surface area contributed by atoms with Crippen LogP contribution in [0.3, 0.4) is 0 Å². The van der Waals surface area contributed by atoms with E-state index in [9.17, 15) is 4.79 Å². The molecule has 1 atom stereocenters. The van der Waals surface area contributed by atoms with E-state index in [-0.39, 0.29) is 11.9 Å². The summed E-state index contributed by atoms with van der Waals surface area (Å²) in [5.41, 5.74) is 2.04. The number of ether oxygens (including phenoxy) is 1. The van der Waals surface area contributed by atoms with Crippen LogP contribution in [0.5, 0.6) is 0 Å². The topological polar surface area (TPSA) is 41.6 Å². The van der Waals surface area contributed by atoms with Crippen LogP contribution in [0.15, 0.2) is 60.7 Å². The van der Waals surface area contributed by atoms with Crippen LogP contribution in [0.25, 0.3) is 0 Å². The number of anilines is 1. The summed E-state index contributed by atoms with van der Waals surface area (Å²) in [6.45, 7) is 1.55. The molecular weight excluding hydrogens is 312 g/mol. The van der Waals surface area contributed by atoms with Gasteiger partial charge in [0, 0.05) is 18.8 Å².